The maximum Gasteiger partial charge on any atom is 0 e. The van der Waals surface area contributed by atoms with E-state index in [1.54, 1.807) is 0 Å². The molecule has 0 aliphatic heterocycles. The van der Waals surface area contributed by atoms with Crippen LogP contribution in [0.1, 0.15) is 0 Å². The van der Waals surface area contributed by atoms with Crippen molar-refractivity contribution in [2.45, 2.75) is 0 Å². The topological polar surface area (TPSA) is 0 Å². The van der Waals surface area contributed by atoms with E-state index in [2.05, 4.69) is 0 Å². The molecule has 0 atom stereocenters. The summed E-state index contributed by atoms with van der Waals surface area (Å²) in [6, 6.07) is 0. The Hall–Kier alpha value is 8.52. The van der Waals surface area contributed by atoms with Gasteiger partial charge >= 0.3 is 0 Å². The van der Waals surface area contributed by atoms with Crippen LogP contribution in [0.25, 0.3) is 0 Å². The molecule has 0 saturated carbocycles. The van der Waals surface area contributed by atoms with Crippen molar-refractivity contribution < 1.29 is 80.8 Å². The van der Waals surface area contributed by atoms with Crippen LogP contribution < -0.4 is 0 Å². The van der Waals surface area contributed by atoms with Gasteiger partial charge in [0.25, 0.3) is 0 Å². The molecule has 0 aromatic carbocycles. The molecular formula is Cs2In2Sm2. The van der Waals surface area contributed by atoms with Gasteiger partial charge in [-0.1, -0.05) is 0 Å². The smallest absolute Gasteiger partial charge is 0 e. The molecule has 0 bridgehead atoms. The summed E-state index contributed by atoms with van der Waals surface area (Å²) in [5.41, 5.74) is 0. The molecule has 0 spiro atoms. The summed E-state index contributed by atoms with van der Waals surface area (Å²) in [5.74, 6) is 0. The first-order valence-corrected chi connectivity index (χ1v) is 0. The molecule has 6 heavy (non-hydrogen) atoms. The largest absolute Gasteiger partial charge is 0 e. The third kappa shape index (κ3) is 22.9. The van der Waals surface area contributed by atoms with E-state index >= 15 is 0 Å². The van der Waals surface area contributed by atoms with Gasteiger partial charge in [0.2, 0.25) is 0 Å². The number of rotatable bonds is 0. The van der Waals surface area contributed by atoms with E-state index < -0.39 is 0 Å². The molecule has 0 aromatic rings. The van der Waals surface area contributed by atoms with Crippen LogP contribution in [0.2, 0.25) is 0 Å². The maximum absolute atomic E-state index is 0. The van der Waals surface area contributed by atoms with E-state index in [1.165, 1.54) is 0 Å². The van der Waals surface area contributed by atoms with Crippen molar-refractivity contribution >= 4 is 189 Å². The Balaban J connectivity index is 0. The van der Waals surface area contributed by atoms with E-state index in [4.69, 9.17) is 0 Å². The first-order chi connectivity index (χ1) is 0. The fourth-order valence-corrected chi connectivity index (χ4v) is 0. The molecule has 0 nitrogen and oxygen atoms in total. The summed E-state index contributed by atoms with van der Waals surface area (Å²) in [6.07, 6.45) is 0. The summed E-state index contributed by atoms with van der Waals surface area (Å²) in [6.45, 7) is 0. The van der Waals surface area contributed by atoms with Crippen molar-refractivity contribution in [2.75, 3.05) is 0 Å². The molecule has 0 N–H and O–H groups in total. The quantitative estimate of drug-likeness (QED) is 0.280. The molecule has 0 heterocycles. The van der Waals surface area contributed by atoms with Crippen LogP contribution in [-0.2, 0) is 0 Å². The molecule has 0 unspecified atom stereocenters. The average molecular weight is 796 g/mol. The molecule has 8 radical (unpaired) electrons. The van der Waals surface area contributed by atoms with Gasteiger partial charge in [-0.3, -0.25) is 0 Å². The third-order valence-electron chi connectivity index (χ3n) is 0. The van der Waals surface area contributed by atoms with Crippen LogP contribution in [-0.4, -0.2) is 189 Å². The standard InChI is InChI=1S/2Cs.2In.2Sm. The Kier molecular flexibility index (Phi) is 178. The second kappa shape index (κ2) is 29.2. The van der Waals surface area contributed by atoms with Gasteiger partial charge in [0.1, 0.15) is 0 Å². The minimum Gasteiger partial charge on any atom is 0 e. The normalized spacial score (nSPS) is 0. The van der Waals surface area contributed by atoms with Gasteiger partial charge in [-0.05, 0) is 0 Å². The van der Waals surface area contributed by atoms with Crippen molar-refractivity contribution in [3.05, 3.63) is 0 Å². The maximum atomic E-state index is 0. The van der Waals surface area contributed by atoms with Crippen molar-refractivity contribution in [3.8, 4) is 0 Å². The Morgan fingerprint density at radius 1 is 0.500 bits per heavy atom. The van der Waals surface area contributed by atoms with E-state index in [1.807, 2.05) is 0 Å². The molecule has 0 aliphatic rings. The van der Waals surface area contributed by atoms with Gasteiger partial charge in [0.05, 0.1) is 0 Å². The molecule has 0 rings (SSSR count). The van der Waals surface area contributed by atoms with Crippen molar-refractivity contribution in [3.63, 3.8) is 0 Å². The van der Waals surface area contributed by atoms with E-state index in [-0.39, 0.29) is 270 Å². The average Bonchev–Trinajstić information content (AvgIpc) is 0. The zero-order valence-electron chi connectivity index (χ0n) is 3.97. The molecule has 20 valence electrons. The van der Waals surface area contributed by atoms with Crippen LogP contribution in [0, 0.1) is 80.8 Å². The van der Waals surface area contributed by atoms with E-state index in [0.29, 0.717) is 0 Å². The SMILES string of the molecule is [Cs].[Cs].[In].[In].[Sm].[Sm]. The van der Waals surface area contributed by atoms with Crippen LogP contribution >= 0.6 is 0 Å². The predicted molar refractivity (Wildman–Crippen MR) is 23.0 cm³/mol. The summed E-state index contributed by atoms with van der Waals surface area (Å²) in [4.78, 5) is 0. The monoisotopic (exact) mass is 799 g/mol. The first-order valence-electron chi connectivity index (χ1n) is 0. The molecule has 0 saturated heterocycles. The first kappa shape index (κ1) is 36.6. The van der Waals surface area contributed by atoms with Gasteiger partial charge in [-0.2, -0.15) is 0 Å². The van der Waals surface area contributed by atoms with Crippen LogP contribution in [0.4, 0.5) is 0 Å². The van der Waals surface area contributed by atoms with Gasteiger partial charge < -0.3 is 0 Å². The van der Waals surface area contributed by atoms with Crippen molar-refractivity contribution in [1.29, 1.82) is 0 Å². The Labute approximate surface area is 259 Å². The van der Waals surface area contributed by atoms with Crippen molar-refractivity contribution in [1.82, 2.24) is 0 Å². The second-order valence-corrected chi connectivity index (χ2v) is 0. The van der Waals surface area contributed by atoms with Crippen LogP contribution in [0.15, 0.2) is 0 Å². The fourth-order valence-electron chi connectivity index (χ4n) is 0. The van der Waals surface area contributed by atoms with Crippen LogP contribution in [0.5, 0.6) is 0 Å². The predicted octanol–water partition coefficient (Wildman–Crippen LogP) is -1.52. The zero-order chi connectivity index (χ0) is 0. The molecule has 6 heteroatoms. The summed E-state index contributed by atoms with van der Waals surface area (Å²) in [7, 11) is 0. The molecule has 0 fully saturated rings. The Morgan fingerprint density at radius 2 is 0.500 bits per heavy atom. The van der Waals surface area contributed by atoms with Crippen molar-refractivity contribution in [2.24, 2.45) is 0 Å². The van der Waals surface area contributed by atoms with E-state index in [9.17, 15) is 0 Å². The van der Waals surface area contributed by atoms with Gasteiger partial charge in [-0.15, -0.1) is 0 Å². The van der Waals surface area contributed by atoms with Gasteiger partial charge in [0, 0.05) is 270 Å². The summed E-state index contributed by atoms with van der Waals surface area (Å²) in [5, 5.41) is 0. The number of hydrogen-bond acceptors (Lipinski definition) is 0. The Morgan fingerprint density at radius 3 is 0.500 bits per heavy atom. The minimum atomic E-state index is 0. The fraction of sp³-hybridized carbons (Fsp3) is 0. The minimum absolute atomic E-state index is 0. The molecule has 0 aromatic heterocycles. The van der Waals surface area contributed by atoms with Gasteiger partial charge in [-0.25, -0.2) is 0 Å². The molecular weight excluding hydrogens is 796 g/mol. The van der Waals surface area contributed by atoms with Gasteiger partial charge in [0.15, 0.2) is 0 Å². The second-order valence-electron chi connectivity index (χ2n) is 0. The number of hydrogen-bond donors (Lipinski definition) is 0. The zero-order valence-corrected chi connectivity index (χ0v) is 28.4. The molecule has 0 aliphatic carbocycles. The summed E-state index contributed by atoms with van der Waals surface area (Å²) >= 11 is 0. The third-order valence-corrected chi connectivity index (χ3v) is 0. The Bertz CT molecular complexity index is 9.51. The summed E-state index contributed by atoms with van der Waals surface area (Å²) < 4.78 is 0. The van der Waals surface area contributed by atoms with Crippen LogP contribution in [0.3, 0.4) is 0 Å². The van der Waals surface area contributed by atoms with E-state index in [0.717, 1.165) is 0 Å². The molecule has 0 amide bonds.